The van der Waals surface area contributed by atoms with Gasteiger partial charge < -0.3 is 10.2 Å². The first-order chi connectivity index (χ1) is 8.63. The van der Waals surface area contributed by atoms with Crippen LogP contribution in [0.1, 0.15) is 39.0 Å². The predicted molar refractivity (Wildman–Crippen MR) is 71.5 cm³/mol. The van der Waals surface area contributed by atoms with Crippen molar-refractivity contribution in [1.29, 1.82) is 0 Å². The average Bonchev–Trinajstić information content (AvgIpc) is 2.50. The molecule has 2 aliphatic heterocycles. The van der Waals surface area contributed by atoms with Crippen LogP contribution >= 0.6 is 0 Å². The first-order valence-electron chi connectivity index (χ1n) is 7.41. The molecule has 0 aromatic heterocycles. The van der Waals surface area contributed by atoms with Gasteiger partial charge in [0.25, 0.3) is 0 Å². The van der Waals surface area contributed by atoms with Crippen molar-refractivity contribution >= 4 is 6.03 Å². The minimum Gasteiger partial charge on any atom is -0.335 e. The van der Waals surface area contributed by atoms with Gasteiger partial charge in [0, 0.05) is 31.2 Å². The van der Waals surface area contributed by atoms with Crippen molar-refractivity contribution in [1.82, 2.24) is 15.1 Å². The fourth-order valence-corrected chi connectivity index (χ4v) is 3.78. The molecule has 2 amide bonds. The monoisotopic (exact) mass is 251 g/mol. The van der Waals surface area contributed by atoms with Crippen LogP contribution in [0.15, 0.2) is 0 Å². The van der Waals surface area contributed by atoms with Crippen molar-refractivity contribution in [3.8, 4) is 0 Å². The standard InChI is InChI=1S/C14H25N3O/c1-10-7-11(8-10)15-14(18)17-6-5-12-3-4-13(9-17)16(12)2/h10-13H,3-9H2,1-2H3,(H,15,18). The maximum Gasteiger partial charge on any atom is 0.317 e. The first kappa shape index (κ1) is 12.3. The number of likely N-dealkylation sites (N-methyl/N-ethyl adjacent to an activating group) is 1. The predicted octanol–water partition coefficient (Wildman–Crippen LogP) is 1.66. The van der Waals surface area contributed by atoms with Crippen molar-refractivity contribution in [2.45, 2.75) is 57.2 Å². The number of rotatable bonds is 1. The molecular formula is C14H25N3O. The van der Waals surface area contributed by atoms with Crippen LogP contribution in [0.3, 0.4) is 0 Å². The molecule has 0 aromatic rings. The molecule has 4 heteroatoms. The number of hydrogen-bond donors (Lipinski definition) is 1. The molecule has 2 bridgehead atoms. The molecule has 3 aliphatic rings. The average molecular weight is 251 g/mol. The summed E-state index contributed by atoms with van der Waals surface area (Å²) in [6.45, 7) is 4.10. The maximum absolute atomic E-state index is 12.2. The zero-order chi connectivity index (χ0) is 12.7. The van der Waals surface area contributed by atoms with Gasteiger partial charge in [0.15, 0.2) is 0 Å². The Morgan fingerprint density at radius 1 is 1.17 bits per heavy atom. The molecule has 2 atom stereocenters. The van der Waals surface area contributed by atoms with Gasteiger partial charge in [-0.05, 0) is 45.1 Å². The van der Waals surface area contributed by atoms with Gasteiger partial charge in [-0.2, -0.15) is 0 Å². The minimum absolute atomic E-state index is 0.174. The fourth-order valence-electron chi connectivity index (χ4n) is 3.78. The summed E-state index contributed by atoms with van der Waals surface area (Å²) in [5.74, 6) is 0.793. The van der Waals surface area contributed by atoms with Gasteiger partial charge in [-0.25, -0.2) is 4.79 Å². The van der Waals surface area contributed by atoms with E-state index in [1.807, 2.05) is 4.90 Å². The highest BCUT2D eigenvalue weighted by atomic mass is 16.2. The Hall–Kier alpha value is -0.770. The highest BCUT2D eigenvalue weighted by Gasteiger charge is 2.37. The first-order valence-corrected chi connectivity index (χ1v) is 7.41. The summed E-state index contributed by atoms with van der Waals surface area (Å²) >= 11 is 0. The second-order valence-electron chi connectivity index (χ2n) is 6.51. The second-order valence-corrected chi connectivity index (χ2v) is 6.51. The SMILES string of the molecule is CC1CC(NC(=O)N2CCC3CCC(C2)N3C)C1. The molecule has 0 aromatic carbocycles. The van der Waals surface area contributed by atoms with Crippen LogP contribution in [-0.2, 0) is 0 Å². The van der Waals surface area contributed by atoms with E-state index in [-0.39, 0.29) is 6.03 Å². The van der Waals surface area contributed by atoms with Crippen LogP contribution in [0.2, 0.25) is 0 Å². The Kier molecular flexibility index (Phi) is 3.22. The molecule has 4 nitrogen and oxygen atoms in total. The number of nitrogens with one attached hydrogen (secondary N) is 1. The summed E-state index contributed by atoms with van der Waals surface area (Å²) in [7, 11) is 2.22. The van der Waals surface area contributed by atoms with Crippen molar-refractivity contribution in [3.05, 3.63) is 0 Å². The summed E-state index contributed by atoms with van der Waals surface area (Å²) in [6.07, 6.45) is 6.03. The molecule has 2 unspecified atom stereocenters. The van der Waals surface area contributed by atoms with Crippen molar-refractivity contribution < 1.29 is 4.79 Å². The van der Waals surface area contributed by atoms with Crippen molar-refractivity contribution in [3.63, 3.8) is 0 Å². The molecule has 0 radical (unpaired) electrons. The largest absolute Gasteiger partial charge is 0.335 e. The smallest absolute Gasteiger partial charge is 0.317 e. The normalized spacial score (nSPS) is 40.2. The third-order valence-electron chi connectivity index (χ3n) is 5.14. The van der Waals surface area contributed by atoms with Gasteiger partial charge >= 0.3 is 6.03 Å². The summed E-state index contributed by atoms with van der Waals surface area (Å²) < 4.78 is 0. The fraction of sp³-hybridized carbons (Fsp3) is 0.929. The zero-order valence-corrected chi connectivity index (χ0v) is 11.6. The lowest BCUT2D eigenvalue weighted by molar-refractivity contribution is 0.168. The van der Waals surface area contributed by atoms with E-state index in [0.29, 0.717) is 18.1 Å². The molecule has 18 heavy (non-hydrogen) atoms. The van der Waals surface area contributed by atoms with Gasteiger partial charge in [-0.15, -0.1) is 0 Å². The lowest BCUT2D eigenvalue weighted by atomic mass is 9.82. The lowest BCUT2D eigenvalue weighted by Gasteiger charge is -2.35. The van der Waals surface area contributed by atoms with E-state index in [1.165, 1.54) is 12.8 Å². The number of likely N-dealkylation sites (tertiary alicyclic amines) is 1. The van der Waals surface area contributed by atoms with Crippen LogP contribution in [-0.4, -0.2) is 54.1 Å². The highest BCUT2D eigenvalue weighted by Crippen LogP contribution is 2.29. The Morgan fingerprint density at radius 3 is 2.61 bits per heavy atom. The Labute approximate surface area is 110 Å². The van der Waals surface area contributed by atoms with Gasteiger partial charge in [0.1, 0.15) is 0 Å². The Bertz CT molecular complexity index is 327. The van der Waals surface area contributed by atoms with Crippen LogP contribution in [0, 0.1) is 5.92 Å². The van der Waals surface area contributed by atoms with E-state index in [0.717, 1.165) is 38.3 Å². The number of hydrogen-bond acceptors (Lipinski definition) is 2. The van der Waals surface area contributed by atoms with Gasteiger partial charge in [0.05, 0.1) is 0 Å². The van der Waals surface area contributed by atoms with Crippen molar-refractivity contribution in [2.24, 2.45) is 5.92 Å². The molecular weight excluding hydrogens is 226 g/mol. The number of carbonyl (C=O) groups is 1. The van der Waals surface area contributed by atoms with E-state index in [1.54, 1.807) is 0 Å². The topological polar surface area (TPSA) is 35.6 Å². The van der Waals surface area contributed by atoms with Crippen LogP contribution < -0.4 is 5.32 Å². The van der Waals surface area contributed by atoms with Crippen molar-refractivity contribution in [2.75, 3.05) is 20.1 Å². The molecule has 3 rings (SSSR count). The summed E-state index contributed by atoms with van der Waals surface area (Å²) in [5.41, 5.74) is 0. The number of nitrogens with zero attached hydrogens (tertiary/aromatic N) is 2. The van der Waals surface area contributed by atoms with Crippen LogP contribution in [0.4, 0.5) is 4.79 Å². The number of carbonyl (C=O) groups excluding carboxylic acids is 1. The zero-order valence-electron chi connectivity index (χ0n) is 11.6. The number of urea groups is 1. The highest BCUT2D eigenvalue weighted by molar-refractivity contribution is 5.74. The van der Waals surface area contributed by atoms with Crippen LogP contribution in [0.25, 0.3) is 0 Å². The molecule has 0 spiro atoms. The number of fused-ring (bicyclic) bond motifs is 2. The molecule has 1 aliphatic carbocycles. The van der Waals surface area contributed by atoms with Crippen LogP contribution in [0.5, 0.6) is 0 Å². The molecule has 1 N–H and O–H groups in total. The quantitative estimate of drug-likeness (QED) is 0.769. The van der Waals surface area contributed by atoms with E-state index in [9.17, 15) is 4.79 Å². The Balaban J connectivity index is 1.54. The minimum atomic E-state index is 0.174. The Morgan fingerprint density at radius 2 is 1.89 bits per heavy atom. The van der Waals surface area contributed by atoms with Gasteiger partial charge in [-0.3, -0.25) is 4.90 Å². The molecule has 102 valence electrons. The molecule has 3 fully saturated rings. The maximum atomic E-state index is 12.2. The third kappa shape index (κ3) is 2.22. The summed E-state index contributed by atoms with van der Waals surface area (Å²) in [5, 5.41) is 3.19. The molecule has 2 saturated heterocycles. The second kappa shape index (κ2) is 4.72. The molecule has 2 heterocycles. The summed E-state index contributed by atoms with van der Waals surface area (Å²) in [4.78, 5) is 16.8. The summed E-state index contributed by atoms with van der Waals surface area (Å²) in [6, 6.07) is 1.90. The van der Waals surface area contributed by atoms with Gasteiger partial charge in [-0.1, -0.05) is 6.92 Å². The third-order valence-corrected chi connectivity index (χ3v) is 5.14. The lowest BCUT2D eigenvalue weighted by Crippen LogP contribution is -2.51. The van der Waals surface area contributed by atoms with E-state index < -0.39 is 0 Å². The molecule has 1 saturated carbocycles. The number of amides is 2. The van der Waals surface area contributed by atoms with E-state index >= 15 is 0 Å². The van der Waals surface area contributed by atoms with E-state index in [4.69, 9.17) is 0 Å². The van der Waals surface area contributed by atoms with E-state index in [2.05, 4.69) is 24.2 Å². The van der Waals surface area contributed by atoms with Gasteiger partial charge in [0.2, 0.25) is 0 Å².